The maximum atomic E-state index is 12.4. The van der Waals surface area contributed by atoms with Gasteiger partial charge in [-0.15, -0.1) is 11.8 Å². The number of carbonyl (C=O) groups is 2. The molecule has 0 spiro atoms. The van der Waals surface area contributed by atoms with Gasteiger partial charge in [0.05, 0.1) is 30.8 Å². The molecule has 0 aliphatic carbocycles. The molecule has 10 heteroatoms. The lowest BCUT2D eigenvalue weighted by Gasteiger charge is -2.15. The van der Waals surface area contributed by atoms with Crippen molar-refractivity contribution in [1.82, 2.24) is 4.90 Å². The molecule has 1 aromatic carbocycles. The van der Waals surface area contributed by atoms with Crippen molar-refractivity contribution in [2.75, 3.05) is 38.4 Å². The average molecular weight is 367 g/mol. The first-order chi connectivity index (χ1) is 11.9. The van der Waals surface area contributed by atoms with E-state index in [-0.39, 0.29) is 42.3 Å². The third-order valence-corrected chi connectivity index (χ3v) is 4.34. The molecule has 1 aromatic rings. The Bertz CT molecular complexity index is 749. The van der Waals surface area contributed by atoms with Crippen molar-refractivity contribution in [3.8, 4) is 0 Å². The standard InChI is InChI=1S/C15H17N3O6S/c1-24-15(21)10-8-17(5-6-19)14(20)13(10)16-11-4-3-9(25-2)7-12(11)18(22)23/h3-4,7,16,19H,5-6,8H2,1-2H3. The number of thioether (sulfide) groups is 1. The highest BCUT2D eigenvalue weighted by molar-refractivity contribution is 7.98. The van der Waals surface area contributed by atoms with Gasteiger partial charge in [0, 0.05) is 17.5 Å². The van der Waals surface area contributed by atoms with E-state index in [1.54, 1.807) is 12.3 Å². The molecular formula is C15H17N3O6S. The first-order valence-electron chi connectivity index (χ1n) is 7.24. The van der Waals surface area contributed by atoms with Gasteiger partial charge in [-0.25, -0.2) is 4.79 Å². The van der Waals surface area contributed by atoms with Crippen LogP contribution in [0.1, 0.15) is 0 Å². The largest absolute Gasteiger partial charge is 0.466 e. The first kappa shape index (κ1) is 18.7. The van der Waals surface area contributed by atoms with Crippen LogP contribution >= 0.6 is 11.8 Å². The summed E-state index contributed by atoms with van der Waals surface area (Å²) in [5.41, 5.74) is -0.139. The number of amides is 1. The smallest absolute Gasteiger partial charge is 0.337 e. The SMILES string of the molecule is COC(=O)C1=C(Nc2ccc(SC)cc2[N+](=O)[O-])C(=O)N(CCO)C1. The summed E-state index contributed by atoms with van der Waals surface area (Å²) >= 11 is 1.35. The lowest BCUT2D eigenvalue weighted by molar-refractivity contribution is -0.384. The van der Waals surface area contributed by atoms with Gasteiger partial charge in [-0.05, 0) is 18.4 Å². The van der Waals surface area contributed by atoms with Crippen LogP contribution in [0.25, 0.3) is 0 Å². The molecule has 1 aliphatic rings. The van der Waals surface area contributed by atoms with Gasteiger partial charge >= 0.3 is 5.97 Å². The number of aliphatic hydroxyl groups is 1. The summed E-state index contributed by atoms with van der Waals surface area (Å²) in [7, 11) is 1.18. The zero-order valence-electron chi connectivity index (χ0n) is 13.6. The maximum Gasteiger partial charge on any atom is 0.337 e. The molecule has 0 saturated carbocycles. The highest BCUT2D eigenvalue weighted by Crippen LogP contribution is 2.32. The van der Waals surface area contributed by atoms with Crippen LogP contribution in [0.2, 0.25) is 0 Å². The Morgan fingerprint density at radius 3 is 2.80 bits per heavy atom. The zero-order chi connectivity index (χ0) is 18.6. The zero-order valence-corrected chi connectivity index (χ0v) is 14.5. The highest BCUT2D eigenvalue weighted by Gasteiger charge is 2.35. The molecule has 0 aromatic heterocycles. The number of nitrogens with one attached hydrogen (secondary N) is 1. The quantitative estimate of drug-likeness (QED) is 0.317. The van der Waals surface area contributed by atoms with Gasteiger partial charge in [0.15, 0.2) is 0 Å². The Morgan fingerprint density at radius 2 is 2.24 bits per heavy atom. The summed E-state index contributed by atoms with van der Waals surface area (Å²) in [6.45, 7) is -0.265. The van der Waals surface area contributed by atoms with Crippen LogP contribution in [-0.2, 0) is 14.3 Å². The van der Waals surface area contributed by atoms with Crippen LogP contribution in [0.15, 0.2) is 34.4 Å². The second-order valence-electron chi connectivity index (χ2n) is 5.06. The minimum Gasteiger partial charge on any atom is -0.466 e. The van der Waals surface area contributed by atoms with Gasteiger partial charge in [0.2, 0.25) is 0 Å². The predicted octanol–water partition coefficient (Wildman–Crippen LogP) is 0.990. The molecule has 0 atom stereocenters. The molecule has 0 unspecified atom stereocenters. The average Bonchev–Trinajstić information content (AvgIpc) is 2.91. The number of nitrogens with zero attached hydrogens (tertiary/aromatic N) is 2. The van der Waals surface area contributed by atoms with Crippen molar-refractivity contribution in [3.05, 3.63) is 39.6 Å². The van der Waals surface area contributed by atoms with Gasteiger partial charge in [0.25, 0.3) is 11.6 Å². The van der Waals surface area contributed by atoms with E-state index in [1.807, 2.05) is 0 Å². The van der Waals surface area contributed by atoms with E-state index in [9.17, 15) is 19.7 Å². The van der Waals surface area contributed by atoms with Gasteiger partial charge in [-0.2, -0.15) is 0 Å². The summed E-state index contributed by atoms with van der Waals surface area (Å²) in [4.78, 5) is 37.1. The fraction of sp³-hybridized carbons (Fsp3) is 0.333. The molecule has 9 nitrogen and oxygen atoms in total. The van der Waals surface area contributed by atoms with Crippen molar-refractivity contribution in [3.63, 3.8) is 0 Å². The first-order valence-corrected chi connectivity index (χ1v) is 8.46. The van der Waals surface area contributed by atoms with Crippen LogP contribution in [0.3, 0.4) is 0 Å². The molecule has 1 aliphatic heterocycles. The molecule has 25 heavy (non-hydrogen) atoms. The van der Waals surface area contributed by atoms with E-state index >= 15 is 0 Å². The molecule has 1 amide bonds. The minimum absolute atomic E-state index is 0.0366. The van der Waals surface area contributed by atoms with Crippen LogP contribution in [-0.4, -0.2) is 59.9 Å². The topological polar surface area (TPSA) is 122 Å². The monoisotopic (exact) mass is 367 g/mol. The second-order valence-corrected chi connectivity index (χ2v) is 5.94. The second kappa shape index (κ2) is 7.99. The Balaban J connectivity index is 2.43. The van der Waals surface area contributed by atoms with Crippen LogP contribution in [0, 0.1) is 10.1 Å². The van der Waals surface area contributed by atoms with Crippen LogP contribution in [0.5, 0.6) is 0 Å². The summed E-state index contributed by atoms with van der Waals surface area (Å²) in [5, 5.41) is 23.0. The number of nitro benzene ring substituents is 1. The van der Waals surface area contributed by atoms with Crippen LogP contribution < -0.4 is 5.32 Å². The number of aliphatic hydroxyl groups excluding tert-OH is 1. The van der Waals surface area contributed by atoms with E-state index in [4.69, 9.17) is 5.11 Å². The predicted molar refractivity (Wildman–Crippen MR) is 91.2 cm³/mol. The maximum absolute atomic E-state index is 12.4. The van der Waals surface area contributed by atoms with E-state index in [0.717, 1.165) is 0 Å². The number of benzene rings is 1. The molecule has 0 saturated heterocycles. The molecular weight excluding hydrogens is 350 g/mol. The third-order valence-electron chi connectivity index (χ3n) is 3.61. The van der Waals surface area contributed by atoms with Crippen molar-refractivity contribution < 1.29 is 24.4 Å². The molecule has 2 rings (SSSR count). The number of nitro groups is 1. The summed E-state index contributed by atoms with van der Waals surface area (Å²) < 4.78 is 4.68. The Labute approximate surface area is 147 Å². The van der Waals surface area contributed by atoms with Crippen molar-refractivity contribution in [2.24, 2.45) is 0 Å². The number of hydrogen-bond donors (Lipinski definition) is 2. The number of rotatable bonds is 7. The minimum atomic E-state index is -0.709. The number of methoxy groups -OCH3 is 1. The summed E-state index contributed by atoms with van der Waals surface area (Å²) in [6.07, 6.45) is 1.79. The van der Waals surface area contributed by atoms with E-state index < -0.39 is 16.8 Å². The summed E-state index contributed by atoms with van der Waals surface area (Å²) in [5.74, 6) is -1.24. The molecule has 134 valence electrons. The van der Waals surface area contributed by atoms with E-state index in [1.165, 1.54) is 35.9 Å². The Kier molecular flexibility index (Phi) is 5.99. The van der Waals surface area contributed by atoms with Gasteiger partial charge in [-0.3, -0.25) is 14.9 Å². The summed E-state index contributed by atoms with van der Waals surface area (Å²) in [6, 6.07) is 4.54. The molecule has 0 radical (unpaired) electrons. The number of hydrogen-bond acceptors (Lipinski definition) is 8. The molecule has 1 heterocycles. The van der Waals surface area contributed by atoms with Gasteiger partial charge in [0.1, 0.15) is 11.4 Å². The fourth-order valence-corrected chi connectivity index (χ4v) is 2.81. The van der Waals surface area contributed by atoms with Crippen LogP contribution in [0.4, 0.5) is 11.4 Å². The number of carbonyl (C=O) groups excluding carboxylic acids is 2. The van der Waals surface area contributed by atoms with Gasteiger partial charge in [-0.1, -0.05) is 0 Å². The third kappa shape index (κ3) is 3.91. The number of ether oxygens (including phenoxy) is 1. The van der Waals surface area contributed by atoms with Crippen molar-refractivity contribution in [1.29, 1.82) is 0 Å². The molecule has 2 N–H and O–H groups in total. The van der Waals surface area contributed by atoms with E-state index in [0.29, 0.717) is 4.90 Å². The fourth-order valence-electron chi connectivity index (χ4n) is 2.38. The highest BCUT2D eigenvalue weighted by atomic mass is 32.2. The van der Waals surface area contributed by atoms with Crippen molar-refractivity contribution in [2.45, 2.75) is 4.90 Å². The molecule has 0 bridgehead atoms. The normalized spacial score (nSPS) is 14.0. The number of esters is 1. The Morgan fingerprint density at radius 1 is 1.52 bits per heavy atom. The molecule has 0 fully saturated rings. The Hall–Kier alpha value is -2.59. The number of anilines is 1. The lowest BCUT2D eigenvalue weighted by Crippen LogP contribution is -2.31. The van der Waals surface area contributed by atoms with Crippen molar-refractivity contribution >= 4 is 35.0 Å². The van der Waals surface area contributed by atoms with E-state index in [2.05, 4.69) is 10.1 Å². The van der Waals surface area contributed by atoms with Gasteiger partial charge < -0.3 is 20.1 Å². The number of β-amino-alcohol motifs (C(OH)–C–C–N with tert-alkyl or cyclic N) is 1. The lowest BCUT2D eigenvalue weighted by atomic mass is 10.2.